The molecule has 26 heavy (non-hydrogen) atoms. The summed E-state index contributed by atoms with van der Waals surface area (Å²) in [5, 5.41) is 11.1. The first kappa shape index (κ1) is 20.6. The van der Waals surface area contributed by atoms with Crippen molar-refractivity contribution >= 4 is 35.6 Å². The number of anilines is 1. The van der Waals surface area contributed by atoms with Gasteiger partial charge >= 0.3 is 0 Å². The molecule has 1 aliphatic heterocycles. The third-order valence-corrected chi connectivity index (χ3v) is 4.35. The van der Waals surface area contributed by atoms with Crippen LogP contribution in [0.3, 0.4) is 0 Å². The lowest BCUT2D eigenvalue weighted by Gasteiger charge is -2.22. The van der Waals surface area contributed by atoms with E-state index in [-0.39, 0.29) is 24.4 Å². The standard InChI is InChI=1S/C18H23ClN4O2.ClH/c1-12(2)25-17-14(19)6-3-7-15(17)21-18(24)16-8-10-23(22-16)13-5-4-9-20-11-13;/h3,6-8,10,12-13,20H,4-5,9,11H2,1-2H3,(H,21,24);1H. The molecule has 1 saturated heterocycles. The Morgan fingerprint density at radius 1 is 1.42 bits per heavy atom. The smallest absolute Gasteiger partial charge is 0.276 e. The van der Waals surface area contributed by atoms with Crippen LogP contribution >= 0.6 is 24.0 Å². The normalized spacial score (nSPS) is 16.8. The van der Waals surface area contributed by atoms with Crippen LogP contribution < -0.4 is 15.4 Å². The summed E-state index contributed by atoms with van der Waals surface area (Å²) >= 11 is 6.21. The Morgan fingerprint density at radius 3 is 2.92 bits per heavy atom. The molecule has 2 heterocycles. The van der Waals surface area contributed by atoms with E-state index in [2.05, 4.69) is 15.7 Å². The van der Waals surface area contributed by atoms with E-state index < -0.39 is 0 Å². The molecule has 3 rings (SSSR count). The van der Waals surface area contributed by atoms with Crippen LogP contribution in [0.15, 0.2) is 30.5 Å². The van der Waals surface area contributed by atoms with Crippen molar-refractivity contribution in [2.45, 2.75) is 38.8 Å². The van der Waals surface area contributed by atoms with Gasteiger partial charge in [-0.3, -0.25) is 9.48 Å². The van der Waals surface area contributed by atoms with Gasteiger partial charge in [-0.1, -0.05) is 17.7 Å². The highest BCUT2D eigenvalue weighted by atomic mass is 35.5. The number of benzene rings is 1. The number of nitrogens with zero attached hydrogens (tertiary/aromatic N) is 2. The van der Waals surface area contributed by atoms with Crippen molar-refractivity contribution in [1.29, 1.82) is 0 Å². The van der Waals surface area contributed by atoms with Crippen LogP contribution in [-0.2, 0) is 0 Å². The molecule has 8 heteroatoms. The van der Waals surface area contributed by atoms with E-state index in [9.17, 15) is 4.79 Å². The number of piperidine rings is 1. The number of aromatic nitrogens is 2. The average Bonchev–Trinajstić information content (AvgIpc) is 3.09. The first-order valence-electron chi connectivity index (χ1n) is 8.57. The minimum Gasteiger partial charge on any atom is -0.487 e. The maximum atomic E-state index is 12.6. The van der Waals surface area contributed by atoms with E-state index in [1.807, 2.05) is 24.7 Å². The Morgan fingerprint density at radius 2 is 2.23 bits per heavy atom. The highest BCUT2D eigenvalue weighted by molar-refractivity contribution is 6.32. The van der Waals surface area contributed by atoms with Gasteiger partial charge in [-0.05, 0) is 51.4 Å². The van der Waals surface area contributed by atoms with E-state index in [1.165, 1.54) is 0 Å². The summed E-state index contributed by atoms with van der Waals surface area (Å²) in [7, 11) is 0. The number of carbonyl (C=O) groups is 1. The van der Waals surface area contributed by atoms with Gasteiger partial charge in [-0.2, -0.15) is 5.10 Å². The molecule has 0 bridgehead atoms. The predicted octanol–water partition coefficient (Wildman–Crippen LogP) is 3.92. The van der Waals surface area contributed by atoms with Crippen molar-refractivity contribution in [1.82, 2.24) is 15.1 Å². The second-order valence-electron chi connectivity index (χ2n) is 6.42. The zero-order chi connectivity index (χ0) is 17.8. The molecular weight excluding hydrogens is 375 g/mol. The molecule has 142 valence electrons. The van der Waals surface area contributed by atoms with Gasteiger partial charge in [0.25, 0.3) is 5.91 Å². The number of halogens is 2. The number of rotatable bonds is 5. The monoisotopic (exact) mass is 398 g/mol. The molecule has 0 aliphatic carbocycles. The van der Waals surface area contributed by atoms with Crippen LogP contribution in [0.4, 0.5) is 5.69 Å². The summed E-state index contributed by atoms with van der Waals surface area (Å²) in [6.07, 6.45) is 3.99. The third-order valence-electron chi connectivity index (χ3n) is 4.05. The highest BCUT2D eigenvalue weighted by Crippen LogP contribution is 2.34. The molecule has 1 aromatic heterocycles. The Hall–Kier alpha value is -1.76. The van der Waals surface area contributed by atoms with Crippen molar-refractivity contribution in [3.63, 3.8) is 0 Å². The van der Waals surface area contributed by atoms with Gasteiger partial charge in [0, 0.05) is 12.7 Å². The summed E-state index contributed by atoms with van der Waals surface area (Å²) in [4.78, 5) is 12.6. The molecular formula is C18H24Cl2N4O2. The highest BCUT2D eigenvalue weighted by Gasteiger charge is 2.19. The van der Waals surface area contributed by atoms with Crippen molar-refractivity contribution in [2.24, 2.45) is 0 Å². The molecule has 1 fully saturated rings. The summed E-state index contributed by atoms with van der Waals surface area (Å²) < 4.78 is 7.60. The van der Waals surface area contributed by atoms with Gasteiger partial charge < -0.3 is 15.4 Å². The molecule has 1 aromatic carbocycles. The lowest BCUT2D eigenvalue weighted by molar-refractivity contribution is 0.102. The molecule has 0 spiro atoms. The maximum absolute atomic E-state index is 12.6. The van der Waals surface area contributed by atoms with Crippen LogP contribution in [0.1, 0.15) is 43.2 Å². The molecule has 6 nitrogen and oxygen atoms in total. The molecule has 1 aliphatic rings. The molecule has 1 atom stereocenters. The van der Waals surface area contributed by atoms with Gasteiger partial charge in [0.15, 0.2) is 11.4 Å². The van der Waals surface area contributed by atoms with E-state index in [0.29, 0.717) is 28.2 Å². The maximum Gasteiger partial charge on any atom is 0.276 e. The summed E-state index contributed by atoms with van der Waals surface area (Å²) in [6.45, 7) is 5.74. The number of nitrogens with one attached hydrogen (secondary N) is 2. The Bertz CT molecular complexity index is 743. The Labute approximate surface area is 164 Å². The first-order valence-corrected chi connectivity index (χ1v) is 8.95. The van der Waals surface area contributed by atoms with Crippen LogP contribution in [0.2, 0.25) is 5.02 Å². The van der Waals surface area contributed by atoms with Crippen LogP contribution in [0.25, 0.3) is 0 Å². The van der Waals surface area contributed by atoms with Crippen LogP contribution in [-0.4, -0.2) is 34.9 Å². The number of para-hydroxylation sites is 1. The topological polar surface area (TPSA) is 68.2 Å². The van der Waals surface area contributed by atoms with E-state index in [0.717, 1.165) is 25.9 Å². The number of amides is 1. The molecule has 0 saturated carbocycles. The SMILES string of the molecule is CC(C)Oc1c(Cl)cccc1NC(=O)c1ccn(C2CCCNC2)n1.Cl. The van der Waals surface area contributed by atoms with Crippen molar-refractivity contribution in [2.75, 3.05) is 18.4 Å². The molecule has 1 unspecified atom stereocenters. The molecule has 2 N–H and O–H groups in total. The van der Waals surface area contributed by atoms with E-state index in [1.54, 1.807) is 24.3 Å². The molecule has 2 aromatic rings. The Kier molecular flexibility index (Phi) is 7.32. The second-order valence-corrected chi connectivity index (χ2v) is 6.83. The van der Waals surface area contributed by atoms with Crippen molar-refractivity contribution in [3.05, 3.63) is 41.2 Å². The van der Waals surface area contributed by atoms with Gasteiger partial charge in [-0.15, -0.1) is 12.4 Å². The number of ether oxygens (including phenoxy) is 1. The van der Waals surface area contributed by atoms with Gasteiger partial charge in [0.1, 0.15) is 0 Å². The predicted molar refractivity (Wildman–Crippen MR) is 106 cm³/mol. The van der Waals surface area contributed by atoms with Gasteiger partial charge in [0.05, 0.1) is 22.9 Å². The Balaban J connectivity index is 0.00000243. The van der Waals surface area contributed by atoms with Crippen molar-refractivity contribution < 1.29 is 9.53 Å². The first-order chi connectivity index (χ1) is 12.0. The minimum atomic E-state index is -0.279. The minimum absolute atomic E-state index is 0. The fourth-order valence-electron chi connectivity index (χ4n) is 2.87. The largest absolute Gasteiger partial charge is 0.487 e. The fraction of sp³-hybridized carbons (Fsp3) is 0.444. The number of carbonyl (C=O) groups excluding carboxylic acids is 1. The van der Waals surface area contributed by atoms with Crippen LogP contribution in [0.5, 0.6) is 5.75 Å². The summed E-state index contributed by atoms with van der Waals surface area (Å²) in [6, 6.07) is 7.30. The number of hydrogen-bond acceptors (Lipinski definition) is 4. The third kappa shape index (κ3) is 4.90. The lowest BCUT2D eigenvalue weighted by Crippen LogP contribution is -2.32. The summed E-state index contributed by atoms with van der Waals surface area (Å²) in [5.74, 6) is 0.196. The van der Waals surface area contributed by atoms with Crippen LogP contribution in [0, 0.1) is 0 Å². The number of hydrogen-bond donors (Lipinski definition) is 2. The quantitative estimate of drug-likeness (QED) is 0.800. The van der Waals surface area contributed by atoms with E-state index in [4.69, 9.17) is 16.3 Å². The van der Waals surface area contributed by atoms with E-state index >= 15 is 0 Å². The molecule has 0 radical (unpaired) electrons. The van der Waals surface area contributed by atoms with Gasteiger partial charge in [0.2, 0.25) is 0 Å². The lowest BCUT2D eigenvalue weighted by atomic mass is 10.1. The zero-order valence-electron chi connectivity index (χ0n) is 14.9. The fourth-order valence-corrected chi connectivity index (χ4v) is 3.09. The molecule has 1 amide bonds. The second kappa shape index (κ2) is 9.26. The zero-order valence-corrected chi connectivity index (χ0v) is 16.4. The van der Waals surface area contributed by atoms with Gasteiger partial charge in [-0.25, -0.2) is 0 Å². The average molecular weight is 399 g/mol. The summed E-state index contributed by atoms with van der Waals surface area (Å²) in [5.41, 5.74) is 0.918. The van der Waals surface area contributed by atoms with Crippen molar-refractivity contribution in [3.8, 4) is 5.75 Å².